The molecule has 1 heterocycles. The summed E-state index contributed by atoms with van der Waals surface area (Å²) in [6.07, 6.45) is 1.96. The fourth-order valence-corrected chi connectivity index (χ4v) is 1.85. The van der Waals surface area contributed by atoms with Gasteiger partial charge in [0.1, 0.15) is 0 Å². The van der Waals surface area contributed by atoms with E-state index in [0.717, 1.165) is 18.5 Å². The Labute approximate surface area is 116 Å². The van der Waals surface area contributed by atoms with Crippen molar-refractivity contribution in [2.75, 3.05) is 18.5 Å². The van der Waals surface area contributed by atoms with Crippen LogP contribution in [-0.4, -0.2) is 29.2 Å². The highest BCUT2D eigenvalue weighted by Gasteiger charge is 2.11. The largest absolute Gasteiger partial charge is 0.478 e. The number of hydrogen-bond acceptors (Lipinski definition) is 5. The van der Waals surface area contributed by atoms with E-state index in [1.54, 1.807) is 0 Å². The molecule has 5 nitrogen and oxygen atoms in total. The maximum absolute atomic E-state index is 5.78. The molecule has 0 aromatic carbocycles. The zero-order chi connectivity index (χ0) is 14.3. The van der Waals surface area contributed by atoms with E-state index in [1.807, 2.05) is 13.0 Å². The molecule has 0 bridgehead atoms. The molecule has 108 valence electrons. The summed E-state index contributed by atoms with van der Waals surface area (Å²) in [5.74, 6) is 1.81. The molecule has 19 heavy (non-hydrogen) atoms. The summed E-state index contributed by atoms with van der Waals surface area (Å²) in [5.41, 5.74) is 6.67. The van der Waals surface area contributed by atoms with Crippen LogP contribution in [0.1, 0.15) is 39.3 Å². The van der Waals surface area contributed by atoms with Gasteiger partial charge in [-0.15, -0.1) is 0 Å². The monoisotopic (exact) mass is 266 g/mol. The normalized spacial score (nSPS) is 12.5. The van der Waals surface area contributed by atoms with Crippen molar-refractivity contribution in [2.24, 2.45) is 11.7 Å². The second kappa shape index (κ2) is 7.94. The van der Waals surface area contributed by atoms with Crippen molar-refractivity contribution in [3.63, 3.8) is 0 Å². The molecular weight excluding hydrogens is 240 g/mol. The van der Waals surface area contributed by atoms with Crippen molar-refractivity contribution < 1.29 is 4.74 Å². The van der Waals surface area contributed by atoms with Gasteiger partial charge in [-0.25, -0.2) is 4.98 Å². The van der Waals surface area contributed by atoms with Crippen LogP contribution in [0.25, 0.3) is 0 Å². The molecule has 0 aliphatic heterocycles. The van der Waals surface area contributed by atoms with Crippen molar-refractivity contribution in [1.82, 2.24) is 9.97 Å². The van der Waals surface area contributed by atoms with Crippen molar-refractivity contribution in [1.29, 1.82) is 0 Å². The van der Waals surface area contributed by atoms with E-state index < -0.39 is 0 Å². The standard InChI is InChI=1S/C14H26N4O/c1-5-6-19-13-8-11(4)16-14(18-13)17-12(9-15)7-10(2)3/h8,10,12H,5-7,9,15H2,1-4H3,(H,16,17,18). The van der Waals surface area contributed by atoms with Gasteiger partial charge in [0.05, 0.1) is 6.61 Å². The molecule has 1 atom stereocenters. The van der Waals surface area contributed by atoms with Crippen LogP contribution in [0, 0.1) is 12.8 Å². The molecule has 1 aromatic rings. The summed E-state index contributed by atoms with van der Waals surface area (Å²) in [7, 11) is 0. The van der Waals surface area contributed by atoms with Crippen LogP contribution in [0.15, 0.2) is 6.07 Å². The number of nitrogens with zero attached hydrogens (tertiary/aromatic N) is 2. The Bertz CT molecular complexity index is 382. The Morgan fingerprint density at radius 1 is 1.37 bits per heavy atom. The van der Waals surface area contributed by atoms with Gasteiger partial charge in [-0.3, -0.25) is 0 Å². The highest BCUT2D eigenvalue weighted by Crippen LogP contribution is 2.14. The van der Waals surface area contributed by atoms with Crippen LogP contribution in [-0.2, 0) is 0 Å². The van der Waals surface area contributed by atoms with Crippen molar-refractivity contribution >= 4 is 5.95 Å². The Kier molecular flexibility index (Phi) is 6.56. The Hall–Kier alpha value is -1.36. The van der Waals surface area contributed by atoms with E-state index >= 15 is 0 Å². The molecular formula is C14H26N4O. The van der Waals surface area contributed by atoms with Crippen molar-refractivity contribution in [2.45, 2.75) is 46.6 Å². The smallest absolute Gasteiger partial charge is 0.226 e. The van der Waals surface area contributed by atoms with Crippen LogP contribution in [0.5, 0.6) is 5.88 Å². The highest BCUT2D eigenvalue weighted by atomic mass is 16.5. The van der Waals surface area contributed by atoms with Crippen molar-refractivity contribution in [3.8, 4) is 5.88 Å². The lowest BCUT2D eigenvalue weighted by molar-refractivity contribution is 0.304. The SMILES string of the molecule is CCCOc1cc(C)nc(NC(CN)CC(C)C)n1. The number of rotatable bonds is 8. The van der Waals surface area contributed by atoms with Gasteiger partial charge in [-0.1, -0.05) is 20.8 Å². The fraction of sp³-hybridized carbons (Fsp3) is 0.714. The van der Waals surface area contributed by atoms with E-state index in [-0.39, 0.29) is 6.04 Å². The lowest BCUT2D eigenvalue weighted by atomic mass is 10.0. The molecule has 0 aliphatic carbocycles. The average Bonchev–Trinajstić information content (AvgIpc) is 2.34. The zero-order valence-electron chi connectivity index (χ0n) is 12.4. The summed E-state index contributed by atoms with van der Waals surface area (Å²) in [6, 6.07) is 2.04. The van der Waals surface area contributed by atoms with Crippen LogP contribution >= 0.6 is 0 Å². The van der Waals surface area contributed by atoms with E-state index in [1.165, 1.54) is 0 Å². The van der Waals surface area contributed by atoms with Gasteiger partial charge in [0.2, 0.25) is 11.8 Å². The molecule has 5 heteroatoms. The van der Waals surface area contributed by atoms with Crippen LogP contribution < -0.4 is 15.8 Å². The summed E-state index contributed by atoms with van der Waals surface area (Å²) in [6.45, 7) is 9.60. The summed E-state index contributed by atoms with van der Waals surface area (Å²) in [5, 5.41) is 3.29. The van der Waals surface area contributed by atoms with Crippen LogP contribution in [0.3, 0.4) is 0 Å². The summed E-state index contributed by atoms with van der Waals surface area (Å²) in [4.78, 5) is 8.75. The Morgan fingerprint density at radius 2 is 2.11 bits per heavy atom. The Morgan fingerprint density at radius 3 is 2.68 bits per heavy atom. The third-order valence-corrected chi connectivity index (χ3v) is 2.66. The zero-order valence-corrected chi connectivity index (χ0v) is 12.4. The fourth-order valence-electron chi connectivity index (χ4n) is 1.85. The summed E-state index contributed by atoms with van der Waals surface area (Å²) >= 11 is 0. The number of nitrogens with one attached hydrogen (secondary N) is 1. The van der Waals surface area contributed by atoms with Gasteiger partial charge in [0, 0.05) is 24.3 Å². The number of anilines is 1. The predicted molar refractivity (Wildman–Crippen MR) is 78.5 cm³/mol. The van der Waals surface area contributed by atoms with Crippen LogP contribution in [0.4, 0.5) is 5.95 Å². The first-order valence-corrected chi connectivity index (χ1v) is 7.00. The van der Waals surface area contributed by atoms with Gasteiger partial charge >= 0.3 is 0 Å². The van der Waals surface area contributed by atoms with Gasteiger partial charge < -0.3 is 15.8 Å². The highest BCUT2D eigenvalue weighted by molar-refractivity contribution is 5.31. The lowest BCUT2D eigenvalue weighted by Gasteiger charge is -2.19. The molecule has 0 spiro atoms. The molecule has 1 rings (SSSR count). The summed E-state index contributed by atoms with van der Waals surface area (Å²) < 4.78 is 5.55. The third-order valence-electron chi connectivity index (χ3n) is 2.66. The average molecular weight is 266 g/mol. The second-order valence-corrected chi connectivity index (χ2v) is 5.23. The quantitative estimate of drug-likeness (QED) is 0.755. The molecule has 0 radical (unpaired) electrons. The topological polar surface area (TPSA) is 73.1 Å². The molecule has 0 aliphatic rings. The number of ether oxygens (including phenoxy) is 1. The maximum Gasteiger partial charge on any atom is 0.226 e. The van der Waals surface area contributed by atoms with Gasteiger partial charge in [-0.05, 0) is 25.7 Å². The predicted octanol–water partition coefficient (Wildman–Crippen LogP) is 2.36. The second-order valence-electron chi connectivity index (χ2n) is 5.23. The van der Waals surface area contributed by atoms with E-state index in [0.29, 0.717) is 30.9 Å². The van der Waals surface area contributed by atoms with E-state index in [9.17, 15) is 0 Å². The minimum absolute atomic E-state index is 0.195. The molecule has 0 saturated heterocycles. The molecule has 0 fully saturated rings. The first-order chi connectivity index (χ1) is 9.05. The van der Waals surface area contributed by atoms with Gasteiger partial charge in [0.15, 0.2) is 0 Å². The number of aryl methyl sites for hydroxylation is 1. The van der Waals surface area contributed by atoms with Gasteiger partial charge in [0.25, 0.3) is 0 Å². The third kappa shape index (κ3) is 5.87. The van der Waals surface area contributed by atoms with Crippen LogP contribution in [0.2, 0.25) is 0 Å². The molecule has 1 unspecified atom stereocenters. The maximum atomic E-state index is 5.78. The van der Waals surface area contributed by atoms with Gasteiger partial charge in [-0.2, -0.15) is 4.98 Å². The van der Waals surface area contributed by atoms with E-state index in [2.05, 4.69) is 36.1 Å². The molecule has 3 N–H and O–H groups in total. The minimum Gasteiger partial charge on any atom is -0.478 e. The lowest BCUT2D eigenvalue weighted by Crippen LogP contribution is -2.31. The first-order valence-electron chi connectivity index (χ1n) is 7.00. The number of nitrogens with two attached hydrogens (primary N) is 1. The molecule has 0 saturated carbocycles. The molecule has 1 aromatic heterocycles. The van der Waals surface area contributed by atoms with E-state index in [4.69, 9.17) is 10.5 Å². The Balaban J connectivity index is 2.73. The molecule has 0 amide bonds. The number of aromatic nitrogens is 2. The first kappa shape index (κ1) is 15.7. The number of hydrogen-bond donors (Lipinski definition) is 2. The minimum atomic E-state index is 0.195. The van der Waals surface area contributed by atoms with Crippen molar-refractivity contribution in [3.05, 3.63) is 11.8 Å².